The van der Waals surface area contributed by atoms with Gasteiger partial charge in [-0.3, -0.25) is 9.59 Å². The highest BCUT2D eigenvalue weighted by atomic mass is 19.4. The van der Waals surface area contributed by atoms with Crippen molar-refractivity contribution in [2.45, 2.75) is 26.4 Å². The summed E-state index contributed by atoms with van der Waals surface area (Å²) in [5.41, 5.74) is -1.31. The normalized spacial score (nSPS) is 12.6. The van der Waals surface area contributed by atoms with Crippen molar-refractivity contribution >= 4 is 17.5 Å². The summed E-state index contributed by atoms with van der Waals surface area (Å²) in [6.07, 6.45) is -4.16. The van der Waals surface area contributed by atoms with Crippen molar-refractivity contribution in [1.82, 2.24) is 5.32 Å². The van der Waals surface area contributed by atoms with E-state index < -0.39 is 23.6 Å². The van der Waals surface area contributed by atoms with Crippen molar-refractivity contribution in [3.63, 3.8) is 0 Å². The largest absolute Gasteiger partial charge is 0.416 e. The molecule has 0 saturated carbocycles. The van der Waals surface area contributed by atoms with E-state index >= 15 is 0 Å². The molecular formula is C15H19F3N2O3. The molecule has 0 aliphatic carbocycles. The van der Waals surface area contributed by atoms with Gasteiger partial charge in [0.15, 0.2) is 0 Å². The number of aliphatic hydroxyl groups is 1. The molecule has 0 bridgehead atoms. The second kappa shape index (κ2) is 7.96. The fraction of sp³-hybridized carbons (Fsp3) is 0.467. The lowest BCUT2D eigenvalue weighted by molar-refractivity contribution is -0.137. The Kier molecular flexibility index (Phi) is 6.56. The average Bonchev–Trinajstić information content (AvgIpc) is 2.43. The molecule has 1 rings (SSSR count). The van der Waals surface area contributed by atoms with Gasteiger partial charge in [0.1, 0.15) is 0 Å². The molecule has 0 saturated heterocycles. The molecule has 23 heavy (non-hydrogen) atoms. The molecule has 3 N–H and O–H groups in total. The Morgan fingerprint density at radius 3 is 2.43 bits per heavy atom. The van der Waals surface area contributed by atoms with Crippen LogP contribution in [0.4, 0.5) is 18.9 Å². The van der Waals surface area contributed by atoms with E-state index in [1.54, 1.807) is 6.92 Å². The van der Waals surface area contributed by atoms with Gasteiger partial charge in [-0.25, -0.2) is 0 Å². The predicted molar refractivity (Wildman–Crippen MR) is 78.9 cm³/mol. The van der Waals surface area contributed by atoms with Crippen LogP contribution in [-0.4, -0.2) is 30.1 Å². The van der Waals surface area contributed by atoms with Crippen LogP contribution >= 0.6 is 0 Å². The molecule has 0 aromatic heterocycles. The summed E-state index contributed by atoms with van der Waals surface area (Å²) in [6.45, 7) is 3.15. The van der Waals surface area contributed by atoms with Crippen LogP contribution in [0.25, 0.3) is 0 Å². The van der Waals surface area contributed by atoms with Gasteiger partial charge in [-0.1, -0.05) is 6.92 Å². The minimum Gasteiger partial charge on any atom is -0.396 e. The van der Waals surface area contributed by atoms with Gasteiger partial charge in [-0.05, 0) is 30.5 Å². The molecule has 128 valence electrons. The third kappa shape index (κ3) is 6.27. The smallest absolute Gasteiger partial charge is 0.396 e. The molecule has 5 nitrogen and oxygen atoms in total. The summed E-state index contributed by atoms with van der Waals surface area (Å²) < 4.78 is 38.7. The van der Waals surface area contributed by atoms with Crippen molar-refractivity contribution in [2.24, 2.45) is 5.92 Å². The Morgan fingerprint density at radius 2 is 1.91 bits per heavy atom. The summed E-state index contributed by atoms with van der Waals surface area (Å²) in [5.74, 6) is -1.22. The number of halogens is 3. The minimum atomic E-state index is -4.63. The molecule has 0 aliphatic heterocycles. The van der Waals surface area contributed by atoms with Crippen LogP contribution in [0.15, 0.2) is 18.2 Å². The lowest BCUT2D eigenvalue weighted by atomic mass is 10.1. The number of nitrogens with one attached hydrogen (secondary N) is 2. The Balaban J connectivity index is 2.99. The number of amides is 2. The van der Waals surface area contributed by atoms with Gasteiger partial charge in [0.25, 0.3) is 5.91 Å². The zero-order valence-corrected chi connectivity index (χ0v) is 12.8. The van der Waals surface area contributed by atoms with Crippen LogP contribution in [-0.2, 0) is 11.0 Å². The number of carbonyl (C=O) groups is 2. The van der Waals surface area contributed by atoms with Crippen molar-refractivity contribution in [3.05, 3.63) is 29.3 Å². The monoisotopic (exact) mass is 332 g/mol. The molecule has 0 heterocycles. The van der Waals surface area contributed by atoms with Crippen LogP contribution in [0.2, 0.25) is 0 Å². The first kappa shape index (κ1) is 19.0. The zero-order chi connectivity index (χ0) is 17.6. The Hall–Kier alpha value is -2.09. The number of aliphatic hydroxyl groups excluding tert-OH is 1. The lowest BCUT2D eigenvalue weighted by Crippen LogP contribution is -2.29. The summed E-state index contributed by atoms with van der Waals surface area (Å²) in [6, 6.07) is 2.69. The van der Waals surface area contributed by atoms with E-state index in [1.807, 2.05) is 0 Å². The first-order chi connectivity index (χ1) is 10.6. The topological polar surface area (TPSA) is 78.4 Å². The number of hydrogen-bond acceptors (Lipinski definition) is 3. The van der Waals surface area contributed by atoms with Crippen LogP contribution in [0, 0.1) is 5.92 Å². The predicted octanol–water partition coefficient (Wildman–Crippen LogP) is 2.41. The first-order valence-electron chi connectivity index (χ1n) is 7.02. The fourth-order valence-electron chi connectivity index (χ4n) is 1.89. The van der Waals surface area contributed by atoms with E-state index in [4.69, 9.17) is 5.11 Å². The second-order valence-electron chi connectivity index (χ2n) is 5.31. The maximum absolute atomic E-state index is 12.9. The summed E-state index contributed by atoms with van der Waals surface area (Å²) in [5, 5.41) is 13.5. The number of carbonyl (C=O) groups excluding carboxylic acids is 2. The highest BCUT2D eigenvalue weighted by molar-refractivity contribution is 5.97. The van der Waals surface area contributed by atoms with E-state index in [0.717, 1.165) is 19.1 Å². The molecule has 8 heteroatoms. The minimum absolute atomic E-state index is 0.00966. The zero-order valence-electron chi connectivity index (χ0n) is 12.8. The highest BCUT2D eigenvalue weighted by Crippen LogP contribution is 2.32. The Morgan fingerprint density at radius 1 is 1.26 bits per heavy atom. The van der Waals surface area contributed by atoms with Crippen molar-refractivity contribution < 1.29 is 27.9 Å². The SMILES string of the molecule is CC(=O)Nc1cc(C(=O)NCC(C)CCO)cc(C(F)(F)F)c1. The molecular weight excluding hydrogens is 313 g/mol. The maximum atomic E-state index is 12.9. The van der Waals surface area contributed by atoms with E-state index in [0.29, 0.717) is 6.42 Å². The molecule has 0 aliphatic rings. The highest BCUT2D eigenvalue weighted by Gasteiger charge is 2.32. The van der Waals surface area contributed by atoms with Crippen molar-refractivity contribution in [1.29, 1.82) is 0 Å². The molecule has 1 unspecified atom stereocenters. The standard InChI is InChI=1S/C15H19F3N2O3/c1-9(3-4-21)8-19-14(23)11-5-12(15(16,17)18)7-13(6-11)20-10(2)22/h5-7,9,21H,3-4,8H2,1-2H3,(H,19,23)(H,20,22). The van der Waals surface area contributed by atoms with E-state index in [2.05, 4.69) is 10.6 Å². The summed E-state index contributed by atoms with van der Waals surface area (Å²) in [7, 11) is 0. The van der Waals surface area contributed by atoms with Gasteiger partial charge in [0, 0.05) is 31.3 Å². The van der Waals surface area contributed by atoms with Gasteiger partial charge in [0.2, 0.25) is 5.91 Å². The number of anilines is 1. The molecule has 2 amide bonds. The lowest BCUT2D eigenvalue weighted by Gasteiger charge is -2.14. The van der Waals surface area contributed by atoms with E-state index in [-0.39, 0.29) is 30.3 Å². The Labute approximate surface area is 131 Å². The molecule has 1 aromatic rings. The van der Waals surface area contributed by atoms with Gasteiger partial charge in [-0.15, -0.1) is 0 Å². The first-order valence-corrected chi connectivity index (χ1v) is 7.02. The van der Waals surface area contributed by atoms with Crippen LogP contribution in [0.5, 0.6) is 0 Å². The average molecular weight is 332 g/mol. The molecule has 1 aromatic carbocycles. The van der Waals surface area contributed by atoms with Gasteiger partial charge < -0.3 is 15.7 Å². The van der Waals surface area contributed by atoms with Gasteiger partial charge >= 0.3 is 6.18 Å². The molecule has 0 radical (unpaired) electrons. The van der Waals surface area contributed by atoms with Crippen molar-refractivity contribution in [3.8, 4) is 0 Å². The quantitative estimate of drug-likeness (QED) is 0.748. The number of benzene rings is 1. The molecule has 1 atom stereocenters. The van der Waals surface area contributed by atoms with E-state index in [9.17, 15) is 22.8 Å². The number of hydrogen-bond donors (Lipinski definition) is 3. The second-order valence-corrected chi connectivity index (χ2v) is 5.31. The van der Waals surface area contributed by atoms with Crippen LogP contribution in [0.1, 0.15) is 36.2 Å². The molecule has 0 spiro atoms. The van der Waals surface area contributed by atoms with Gasteiger partial charge in [0.05, 0.1) is 5.56 Å². The third-order valence-corrected chi connectivity index (χ3v) is 3.08. The van der Waals surface area contributed by atoms with Crippen LogP contribution in [0.3, 0.4) is 0 Å². The van der Waals surface area contributed by atoms with Crippen molar-refractivity contribution in [2.75, 3.05) is 18.5 Å². The number of alkyl halides is 3. The maximum Gasteiger partial charge on any atom is 0.416 e. The molecule has 0 fully saturated rings. The third-order valence-electron chi connectivity index (χ3n) is 3.08. The number of rotatable bonds is 6. The van der Waals surface area contributed by atoms with Gasteiger partial charge in [-0.2, -0.15) is 13.2 Å². The summed E-state index contributed by atoms with van der Waals surface area (Å²) in [4.78, 5) is 23.0. The van der Waals surface area contributed by atoms with E-state index in [1.165, 1.54) is 6.07 Å². The fourth-order valence-corrected chi connectivity index (χ4v) is 1.89. The summed E-state index contributed by atoms with van der Waals surface area (Å²) >= 11 is 0. The Bertz CT molecular complexity index is 574. The van der Waals surface area contributed by atoms with Crippen LogP contribution < -0.4 is 10.6 Å².